The lowest BCUT2D eigenvalue weighted by Crippen LogP contribution is -2.15. The van der Waals surface area contributed by atoms with Crippen molar-refractivity contribution in [1.29, 1.82) is 0 Å². The monoisotopic (exact) mass is 254 g/mol. The molecule has 0 saturated carbocycles. The molecule has 1 saturated heterocycles. The molecule has 2 rings (SSSR count). The van der Waals surface area contributed by atoms with E-state index in [1.165, 1.54) is 7.11 Å². The van der Waals surface area contributed by atoms with Gasteiger partial charge in [0.25, 0.3) is 0 Å². The summed E-state index contributed by atoms with van der Waals surface area (Å²) in [6, 6.07) is 3.32. The second-order valence-corrected chi connectivity index (χ2v) is 4.30. The van der Waals surface area contributed by atoms with Crippen LogP contribution in [-0.2, 0) is 14.2 Å². The van der Waals surface area contributed by atoms with E-state index in [-0.39, 0.29) is 18.0 Å². The fraction of sp³-hybridized carbons (Fsp3) is 0.615. The molecule has 0 N–H and O–H groups in total. The maximum absolute atomic E-state index is 11.2. The number of carbonyl (C=O) groups excluding carboxylic acids is 1. The third kappa shape index (κ3) is 3.11. The predicted octanol–water partition coefficient (Wildman–Crippen LogP) is 2.32. The van der Waals surface area contributed by atoms with Gasteiger partial charge in [-0.3, -0.25) is 0 Å². The van der Waals surface area contributed by atoms with E-state index in [1.54, 1.807) is 12.1 Å². The summed E-state index contributed by atoms with van der Waals surface area (Å²) in [7, 11) is 1.32. The van der Waals surface area contributed by atoms with Crippen LogP contribution in [0, 0.1) is 0 Å². The van der Waals surface area contributed by atoms with Gasteiger partial charge in [-0.15, -0.1) is 0 Å². The van der Waals surface area contributed by atoms with Crippen molar-refractivity contribution in [2.24, 2.45) is 0 Å². The van der Waals surface area contributed by atoms with Crippen molar-refractivity contribution < 1.29 is 23.4 Å². The Morgan fingerprint density at radius 3 is 3.06 bits per heavy atom. The van der Waals surface area contributed by atoms with Gasteiger partial charge in [-0.25, -0.2) is 4.79 Å². The Labute approximate surface area is 106 Å². The van der Waals surface area contributed by atoms with E-state index in [9.17, 15) is 4.79 Å². The second kappa shape index (κ2) is 6.02. The van der Waals surface area contributed by atoms with Crippen LogP contribution in [0.4, 0.5) is 0 Å². The van der Waals surface area contributed by atoms with Crippen LogP contribution < -0.4 is 0 Å². The molecule has 5 heteroatoms. The van der Waals surface area contributed by atoms with Gasteiger partial charge >= 0.3 is 5.97 Å². The Bertz CT molecular complexity index is 392. The van der Waals surface area contributed by atoms with E-state index < -0.39 is 5.97 Å². The van der Waals surface area contributed by atoms with Crippen LogP contribution in [0.15, 0.2) is 16.5 Å². The fourth-order valence-corrected chi connectivity index (χ4v) is 1.89. The Morgan fingerprint density at radius 2 is 2.39 bits per heavy atom. The summed E-state index contributed by atoms with van der Waals surface area (Å²) in [5, 5.41) is 0. The zero-order valence-electron chi connectivity index (χ0n) is 10.7. The van der Waals surface area contributed by atoms with Gasteiger partial charge in [0.1, 0.15) is 11.9 Å². The first kappa shape index (κ1) is 13.1. The third-order valence-electron chi connectivity index (χ3n) is 2.97. The maximum atomic E-state index is 11.2. The van der Waals surface area contributed by atoms with Crippen molar-refractivity contribution in [3.8, 4) is 0 Å². The second-order valence-electron chi connectivity index (χ2n) is 4.30. The van der Waals surface area contributed by atoms with Crippen molar-refractivity contribution in [2.75, 3.05) is 20.3 Å². The molecule has 1 aromatic heterocycles. The van der Waals surface area contributed by atoms with Gasteiger partial charge in [0.2, 0.25) is 5.76 Å². The van der Waals surface area contributed by atoms with Crippen LogP contribution in [0.25, 0.3) is 0 Å². The summed E-state index contributed by atoms with van der Waals surface area (Å²) in [5.41, 5.74) is 0. The largest absolute Gasteiger partial charge is 0.463 e. The number of methoxy groups -OCH3 is 1. The highest BCUT2D eigenvalue weighted by molar-refractivity contribution is 5.86. The average Bonchev–Trinajstić information content (AvgIpc) is 3.05. The topological polar surface area (TPSA) is 57.9 Å². The molecular formula is C13H18O5. The third-order valence-corrected chi connectivity index (χ3v) is 2.97. The SMILES string of the molecule is COC(=O)c1ccc(C(C)OCC2CCCO2)o1. The highest BCUT2D eigenvalue weighted by Crippen LogP contribution is 2.22. The molecule has 2 unspecified atom stereocenters. The van der Waals surface area contributed by atoms with Crippen molar-refractivity contribution in [3.05, 3.63) is 23.7 Å². The number of carbonyl (C=O) groups is 1. The van der Waals surface area contributed by atoms with Gasteiger partial charge in [0, 0.05) is 6.61 Å². The molecule has 1 aliphatic rings. The van der Waals surface area contributed by atoms with Crippen molar-refractivity contribution in [2.45, 2.75) is 32.0 Å². The van der Waals surface area contributed by atoms with E-state index >= 15 is 0 Å². The quantitative estimate of drug-likeness (QED) is 0.755. The summed E-state index contributed by atoms with van der Waals surface area (Å²) >= 11 is 0. The molecule has 100 valence electrons. The number of ether oxygens (including phenoxy) is 3. The van der Waals surface area contributed by atoms with E-state index in [0.29, 0.717) is 12.4 Å². The van der Waals surface area contributed by atoms with Crippen molar-refractivity contribution in [3.63, 3.8) is 0 Å². The standard InChI is InChI=1S/C13H18O5/c1-9(17-8-10-4-3-7-16-10)11-5-6-12(18-11)13(14)15-2/h5-6,9-10H,3-4,7-8H2,1-2H3. The number of rotatable bonds is 5. The van der Waals surface area contributed by atoms with Crippen molar-refractivity contribution in [1.82, 2.24) is 0 Å². The van der Waals surface area contributed by atoms with E-state index in [0.717, 1.165) is 19.4 Å². The molecular weight excluding hydrogens is 236 g/mol. The summed E-state index contributed by atoms with van der Waals surface area (Å²) < 4.78 is 21.1. The lowest BCUT2D eigenvalue weighted by molar-refractivity contribution is -0.0220. The molecule has 0 bridgehead atoms. The zero-order valence-corrected chi connectivity index (χ0v) is 10.7. The van der Waals surface area contributed by atoms with E-state index in [2.05, 4.69) is 4.74 Å². The van der Waals surface area contributed by atoms with Gasteiger partial charge in [-0.1, -0.05) is 0 Å². The molecule has 2 atom stereocenters. The van der Waals surface area contributed by atoms with Gasteiger partial charge in [-0.05, 0) is 31.9 Å². The minimum Gasteiger partial charge on any atom is -0.463 e. The molecule has 1 aliphatic heterocycles. The highest BCUT2D eigenvalue weighted by atomic mass is 16.6. The smallest absolute Gasteiger partial charge is 0.373 e. The molecule has 0 spiro atoms. The first-order chi connectivity index (χ1) is 8.70. The zero-order chi connectivity index (χ0) is 13.0. The summed E-state index contributed by atoms with van der Waals surface area (Å²) in [6.07, 6.45) is 2.11. The van der Waals surface area contributed by atoms with Crippen LogP contribution in [0.3, 0.4) is 0 Å². The summed E-state index contributed by atoms with van der Waals surface area (Å²) in [6.45, 7) is 3.25. The molecule has 1 aromatic rings. The molecule has 0 aromatic carbocycles. The summed E-state index contributed by atoms with van der Waals surface area (Å²) in [5.74, 6) is 0.334. The molecule has 5 nitrogen and oxygen atoms in total. The van der Waals surface area contributed by atoms with Gasteiger partial charge in [0.05, 0.1) is 19.8 Å². The fourth-order valence-electron chi connectivity index (χ4n) is 1.89. The first-order valence-corrected chi connectivity index (χ1v) is 6.12. The maximum Gasteiger partial charge on any atom is 0.373 e. The number of esters is 1. The lowest BCUT2D eigenvalue weighted by atomic mass is 10.2. The molecule has 0 radical (unpaired) electrons. The Balaban J connectivity index is 1.85. The summed E-state index contributed by atoms with van der Waals surface area (Å²) in [4.78, 5) is 11.2. The number of hydrogen-bond donors (Lipinski definition) is 0. The number of hydrogen-bond acceptors (Lipinski definition) is 5. The van der Waals surface area contributed by atoms with E-state index in [4.69, 9.17) is 13.9 Å². The van der Waals surface area contributed by atoms with Crippen LogP contribution in [0.2, 0.25) is 0 Å². The van der Waals surface area contributed by atoms with Crippen LogP contribution in [-0.4, -0.2) is 32.4 Å². The minimum atomic E-state index is -0.479. The van der Waals surface area contributed by atoms with Crippen molar-refractivity contribution >= 4 is 5.97 Å². The molecule has 0 amide bonds. The Hall–Kier alpha value is -1.33. The van der Waals surface area contributed by atoms with Crippen LogP contribution >= 0.6 is 0 Å². The van der Waals surface area contributed by atoms with E-state index in [1.807, 2.05) is 6.92 Å². The van der Waals surface area contributed by atoms with Gasteiger partial charge < -0.3 is 18.6 Å². The molecule has 0 aliphatic carbocycles. The number of furan rings is 1. The van der Waals surface area contributed by atoms with Crippen LogP contribution in [0.5, 0.6) is 0 Å². The molecule has 1 fully saturated rings. The average molecular weight is 254 g/mol. The highest BCUT2D eigenvalue weighted by Gasteiger charge is 2.19. The first-order valence-electron chi connectivity index (χ1n) is 6.12. The van der Waals surface area contributed by atoms with Crippen LogP contribution in [0.1, 0.15) is 42.2 Å². The van der Waals surface area contributed by atoms with Gasteiger partial charge in [-0.2, -0.15) is 0 Å². The predicted molar refractivity (Wildman–Crippen MR) is 63.4 cm³/mol. The molecule has 18 heavy (non-hydrogen) atoms. The molecule has 2 heterocycles. The lowest BCUT2D eigenvalue weighted by Gasteiger charge is -2.14. The minimum absolute atomic E-state index is 0.183. The normalized spacial score (nSPS) is 20.9. The Morgan fingerprint density at radius 1 is 1.56 bits per heavy atom. The Kier molecular flexibility index (Phi) is 4.38. The van der Waals surface area contributed by atoms with Gasteiger partial charge in [0.15, 0.2) is 0 Å².